The van der Waals surface area contributed by atoms with Gasteiger partial charge in [-0.15, -0.1) is 0 Å². The summed E-state index contributed by atoms with van der Waals surface area (Å²) in [5.74, 6) is 0.519. The number of para-hydroxylation sites is 1. The molecule has 2 aromatic carbocycles. The molecule has 28 heavy (non-hydrogen) atoms. The number of carbonyl (C=O) groups excluding carboxylic acids is 2. The lowest BCUT2D eigenvalue weighted by Crippen LogP contribution is -2.40. The normalized spacial score (nSPS) is 11.6. The second-order valence-electron chi connectivity index (χ2n) is 8.11. The number of furan rings is 1. The first-order valence-corrected chi connectivity index (χ1v) is 9.78. The molecule has 0 aliphatic rings. The maximum absolute atomic E-state index is 13.3. The third-order valence-corrected chi connectivity index (χ3v) is 4.55. The van der Waals surface area contributed by atoms with Gasteiger partial charge >= 0.3 is 0 Å². The number of amides is 1. The maximum Gasteiger partial charge on any atom is 0.251 e. The number of unbranched alkanes of at least 4 members (excludes halogenated alkanes) is 1. The lowest BCUT2D eigenvalue weighted by Gasteiger charge is -2.20. The molecular formula is C24H27NO3. The van der Waals surface area contributed by atoms with E-state index < -0.39 is 0 Å². The summed E-state index contributed by atoms with van der Waals surface area (Å²) in [6, 6.07) is 14.5. The van der Waals surface area contributed by atoms with E-state index in [9.17, 15) is 9.59 Å². The van der Waals surface area contributed by atoms with Gasteiger partial charge in [0.25, 0.3) is 5.91 Å². The summed E-state index contributed by atoms with van der Waals surface area (Å²) in [6.45, 7) is 7.92. The van der Waals surface area contributed by atoms with Crippen LogP contribution in [0, 0.1) is 0 Å². The molecule has 0 saturated heterocycles. The van der Waals surface area contributed by atoms with Gasteiger partial charge in [-0.2, -0.15) is 0 Å². The van der Waals surface area contributed by atoms with E-state index in [0.29, 0.717) is 16.7 Å². The summed E-state index contributed by atoms with van der Waals surface area (Å²) < 4.78 is 5.98. The van der Waals surface area contributed by atoms with Crippen LogP contribution in [0.4, 0.5) is 0 Å². The molecule has 1 aromatic heterocycles. The highest BCUT2D eigenvalue weighted by atomic mass is 16.3. The maximum atomic E-state index is 13.3. The van der Waals surface area contributed by atoms with Crippen molar-refractivity contribution in [2.45, 2.75) is 52.5 Å². The summed E-state index contributed by atoms with van der Waals surface area (Å²) in [5.41, 5.74) is 2.15. The highest BCUT2D eigenvalue weighted by molar-refractivity contribution is 6.17. The number of hydrogen-bond acceptors (Lipinski definition) is 3. The van der Waals surface area contributed by atoms with Crippen molar-refractivity contribution in [3.63, 3.8) is 0 Å². The topological polar surface area (TPSA) is 59.3 Å². The van der Waals surface area contributed by atoms with Crippen LogP contribution in [0.5, 0.6) is 0 Å². The lowest BCUT2D eigenvalue weighted by molar-refractivity contribution is 0.0918. The highest BCUT2D eigenvalue weighted by Crippen LogP contribution is 2.29. The number of nitrogens with one attached hydrogen (secondary N) is 1. The molecule has 3 aromatic rings. The van der Waals surface area contributed by atoms with Crippen LogP contribution in [0.25, 0.3) is 11.0 Å². The van der Waals surface area contributed by atoms with E-state index in [1.54, 1.807) is 24.3 Å². The molecule has 0 aliphatic carbocycles. The summed E-state index contributed by atoms with van der Waals surface area (Å²) in [5, 5.41) is 3.77. The van der Waals surface area contributed by atoms with Crippen LogP contribution in [0.2, 0.25) is 0 Å². The summed E-state index contributed by atoms with van der Waals surface area (Å²) in [6.07, 6.45) is 2.73. The van der Waals surface area contributed by atoms with E-state index in [1.165, 1.54) is 0 Å². The fourth-order valence-corrected chi connectivity index (χ4v) is 3.19. The Hall–Kier alpha value is -2.88. The van der Waals surface area contributed by atoms with Crippen molar-refractivity contribution < 1.29 is 14.0 Å². The van der Waals surface area contributed by atoms with Gasteiger partial charge in [0.15, 0.2) is 5.78 Å². The number of fused-ring (bicyclic) bond motifs is 1. The zero-order valence-corrected chi connectivity index (χ0v) is 17.0. The number of carbonyl (C=O) groups is 2. The van der Waals surface area contributed by atoms with E-state index in [1.807, 2.05) is 45.0 Å². The van der Waals surface area contributed by atoms with Crippen molar-refractivity contribution in [3.05, 3.63) is 71.0 Å². The van der Waals surface area contributed by atoms with Crippen LogP contribution in [0.1, 0.15) is 72.6 Å². The van der Waals surface area contributed by atoms with Crippen LogP contribution in [-0.4, -0.2) is 17.2 Å². The van der Waals surface area contributed by atoms with Gasteiger partial charge < -0.3 is 9.73 Å². The molecule has 0 aliphatic heterocycles. The Kier molecular flexibility index (Phi) is 5.68. The fourth-order valence-electron chi connectivity index (χ4n) is 3.19. The molecule has 0 saturated carbocycles. The molecule has 0 atom stereocenters. The lowest BCUT2D eigenvalue weighted by atomic mass is 9.97. The van der Waals surface area contributed by atoms with Gasteiger partial charge in [0.05, 0.1) is 5.56 Å². The molecule has 4 heteroatoms. The van der Waals surface area contributed by atoms with E-state index >= 15 is 0 Å². The third kappa shape index (κ3) is 4.33. The monoisotopic (exact) mass is 377 g/mol. The van der Waals surface area contributed by atoms with Crippen molar-refractivity contribution in [1.29, 1.82) is 0 Å². The van der Waals surface area contributed by atoms with Crippen molar-refractivity contribution in [1.82, 2.24) is 5.32 Å². The Morgan fingerprint density at radius 3 is 2.25 bits per heavy atom. The van der Waals surface area contributed by atoms with Crippen molar-refractivity contribution in [2.75, 3.05) is 0 Å². The van der Waals surface area contributed by atoms with Gasteiger partial charge in [-0.05, 0) is 45.4 Å². The second-order valence-corrected chi connectivity index (χ2v) is 8.11. The fraction of sp³-hybridized carbons (Fsp3) is 0.333. The summed E-state index contributed by atoms with van der Waals surface area (Å²) in [4.78, 5) is 25.6. The van der Waals surface area contributed by atoms with Crippen molar-refractivity contribution in [3.8, 4) is 0 Å². The standard InChI is InChI=1S/C24H27NO3/c1-5-6-10-20-21(18-9-7-8-11-19(18)28-20)22(26)16-12-14-17(15-13-16)23(27)25-24(2,3)4/h7-9,11-15H,5-6,10H2,1-4H3,(H,25,27). The molecule has 1 heterocycles. The smallest absolute Gasteiger partial charge is 0.251 e. The van der Waals surface area contributed by atoms with Crippen LogP contribution in [0.3, 0.4) is 0 Å². The van der Waals surface area contributed by atoms with Gasteiger partial charge in [-0.25, -0.2) is 0 Å². The molecule has 4 nitrogen and oxygen atoms in total. The molecule has 1 N–H and O–H groups in total. The second kappa shape index (κ2) is 8.01. The Balaban J connectivity index is 1.93. The molecule has 0 unspecified atom stereocenters. The zero-order valence-electron chi connectivity index (χ0n) is 17.0. The highest BCUT2D eigenvalue weighted by Gasteiger charge is 2.22. The van der Waals surface area contributed by atoms with E-state index in [0.717, 1.165) is 36.0 Å². The molecular weight excluding hydrogens is 350 g/mol. The Morgan fingerprint density at radius 1 is 0.964 bits per heavy atom. The summed E-state index contributed by atoms with van der Waals surface area (Å²) >= 11 is 0. The average Bonchev–Trinajstić information content (AvgIpc) is 3.02. The van der Waals surface area contributed by atoms with E-state index in [2.05, 4.69) is 12.2 Å². The van der Waals surface area contributed by atoms with Gasteiger partial charge in [0, 0.05) is 28.5 Å². The summed E-state index contributed by atoms with van der Waals surface area (Å²) in [7, 11) is 0. The first-order chi connectivity index (χ1) is 13.3. The number of ketones is 1. The van der Waals surface area contributed by atoms with Crippen LogP contribution in [-0.2, 0) is 6.42 Å². The number of aryl methyl sites for hydroxylation is 1. The Bertz CT molecular complexity index is 991. The Morgan fingerprint density at radius 2 is 1.61 bits per heavy atom. The molecule has 146 valence electrons. The molecule has 3 rings (SSSR count). The largest absolute Gasteiger partial charge is 0.460 e. The molecule has 0 spiro atoms. The minimum atomic E-state index is -0.310. The number of benzene rings is 2. The van der Waals surface area contributed by atoms with Gasteiger partial charge in [-0.3, -0.25) is 9.59 Å². The molecule has 0 fully saturated rings. The van der Waals surface area contributed by atoms with Gasteiger partial charge in [-0.1, -0.05) is 43.7 Å². The van der Waals surface area contributed by atoms with Crippen LogP contribution in [0.15, 0.2) is 52.9 Å². The van der Waals surface area contributed by atoms with E-state index in [-0.39, 0.29) is 17.2 Å². The van der Waals surface area contributed by atoms with Gasteiger partial charge in [0.1, 0.15) is 11.3 Å². The van der Waals surface area contributed by atoms with E-state index in [4.69, 9.17) is 4.42 Å². The minimum absolute atomic E-state index is 0.0705. The predicted molar refractivity (Wildman–Crippen MR) is 112 cm³/mol. The van der Waals surface area contributed by atoms with Crippen molar-refractivity contribution >= 4 is 22.7 Å². The first kappa shape index (κ1) is 19.9. The quantitative estimate of drug-likeness (QED) is 0.574. The van der Waals surface area contributed by atoms with Crippen LogP contribution >= 0.6 is 0 Å². The van der Waals surface area contributed by atoms with Crippen LogP contribution < -0.4 is 5.32 Å². The first-order valence-electron chi connectivity index (χ1n) is 9.78. The molecule has 1 amide bonds. The number of rotatable bonds is 6. The zero-order chi connectivity index (χ0) is 20.3. The minimum Gasteiger partial charge on any atom is -0.460 e. The number of hydrogen-bond donors (Lipinski definition) is 1. The molecule has 0 radical (unpaired) electrons. The van der Waals surface area contributed by atoms with Gasteiger partial charge in [0.2, 0.25) is 0 Å². The SMILES string of the molecule is CCCCc1oc2ccccc2c1C(=O)c1ccc(C(=O)NC(C)(C)C)cc1. The Labute approximate surface area is 165 Å². The average molecular weight is 377 g/mol. The third-order valence-electron chi connectivity index (χ3n) is 4.55. The molecule has 0 bridgehead atoms. The van der Waals surface area contributed by atoms with Crippen molar-refractivity contribution in [2.24, 2.45) is 0 Å². The predicted octanol–water partition coefficient (Wildman–Crippen LogP) is 5.53.